The van der Waals surface area contributed by atoms with Crippen molar-refractivity contribution >= 4 is 5.78 Å². The number of carbonyl (C=O) groups excluding carboxylic acids is 1. The Hall–Kier alpha value is -3.11. The molecule has 3 aromatic rings. The third kappa shape index (κ3) is 11.5. The van der Waals surface area contributed by atoms with Crippen LogP contribution in [-0.4, -0.2) is 17.5 Å². The highest BCUT2D eigenvalue weighted by molar-refractivity contribution is 5.99. The number of Topliss-reactive ketones (excluding diaryl/α,β-unsaturated/α-hetero) is 1. The molecular formula is C34H44O4. The second kappa shape index (κ2) is 18.2. The minimum absolute atomic E-state index is 0.112. The van der Waals surface area contributed by atoms with E-state index in [2.05, 4.69) is 0 Å². The molecule has 4 heteroatoms. The van der Waals surface area contributed by atoms with E-state index in [-0.39, 0.29) is 5.78 Å². The van der Waals surface area contributed by atoms with Crippen LogP contribution in [0.4, 0.5) is 0 Å². The molecule has 4 nitrogen and oxygen atoms in total. The lowest BCUT2D eigenvalue weighted by atomic mass is 10.0. The van der Waals surface area contributed by atoms with Gasteiger partial charge in [-0.2, -0.15) is 0 Å². The molecule has 0 atom stereocenters. The van der Waals surface area contributed by atoms with Crippen molar-refractivity contribution in [3.05, 3.63) is 95.6 Å². The third-order valence-corrected chi connectivity index (χ3v) is 6.80. The van der Waals surface area contributed by atoms with Crippen molar-refractivity contribution in [1.82, 2.24) is 0 Å². The molecule has 0 unspecified atom stereocenters. The first-order valence-corrected chi connectivity index (χ1v) is 14.4. The number of rotatable bonds is 20. The van der Waals surface area contributed by atoms with E-state index in [1.807, 2.05) is 78.9 Å². The minimum atomic E-state index is 0.112. The molecule has 0 aliphatic rings. The largest absolute Gasteiger partial charge is 0.489 e. The van der Waals surface area contributed by atoms with Crippen LogP contribution in [0, 0.1) is 0 Å². The van der Waals surface area contributed by atoms with E-state index in [0.29, 0.717) is 43.3 Å². The Balaban J connectivity index is 1.46. The second-order valence-corrected chi connectivity index (χ2v) is 9.99. The average molecular weight is 517 g/mol. The Morgan fingerprint density at radius 1 is 0.579 bits per heavy atom. The number of ketones is 1. The summed E-state index contributed by atoms with van der Waals surface area (Å²) >= 11 is 0. The summed E-state index contributed by atoms with van der Waals surface area (Å²) < 4.78 is 12.1. The Kier molecular flexibility index (Phi) is 14.1. The highest BCUT2D eigenvalue weighted by atomic mass is 16.5. The Morgan fingerprint density at radius 3 is 1.63 bits per heavy atom. The first kappa shape index (κ1) is 29.4. The van der Waals surface area contributed by atoms with Gasteiger partial charge in [-0.15, -0.1) is 0 Å². The summed E-state index contributed by atoms with van der Waals surface area (Å²) in [7, 11) is 0. The molecule has 0 aliphatic heterocycles. The number of aliphatic hydroxyl groups excluding tert-OH is 1. The van der Waals surface area contributed by atoms with Crippen LogP contribution >= 0.6 is 0 Å². The number of hydrogen-bond acceptors (Lipinski definition) is 4. The molecule has 0 fully saturated rings. The number of unbranched alkanes of at least 4 members (excludes halogenated alkanes) is 10. The molecule has 0 bridgehead atoms. The summed E-state index contributed by atoms with van der Waals surface area (Å²) in [5, 5.41) is 8.83. The maximum absolute atomic E-state index is 13.2. The van der Waals surface area contributed by atoms with Crippen LogP contribution in [0.3, 0.4) is 0 Å². The van der Waals surface area contributed by atoms with Gasteiger partial charge in [-0.05, 0) is 42.2 Å². The standard InChI is InChI=1S/C34H44O4/c35-25-17-9-7-5-3-1-2-4-6-8-16-22-33(36)32-26-31(37-27-29-18-12-10-13-19-29)23-24-34(32)38-28-30-20-14-11-15-21-30/h10-15,18-21,23-24,26,35H,1-9,16-17,22,25,27-28H2. The highest BCUT2D eigenvalue weighted by Crippen LogP contribution is 2.28. The maximum Gasteiger partial charge on any atom is 0.166 e. The van der Waals surface area contributed by atoms with Gasteiger partial charge in [0.05, 0.1) is 5.56 Å². The van der Waals surface area contributed by atoms with Gasteiger partial charge in [-0.3, -0.25) is 4.79 Å². The van der Waals surface area contributed by atoms with E-state index in [1.165, 1.54) is 44.9 Å². The number of hydrogen-bond donors (Lipinski definition) is 1. The number of aliphatic hydroxyl groups is 1. The zero-order chi connectivity index (χ0) is 26.7. The fraction of sp³-hybridized carbons (Fsp3) is 0.441. The summed E-state index contributed by atoms with van der Waals surface area (Å²) in [4.78, 5) is 13.2. The van der Waals surface area contributed by atoms with Crippen LogP contribution in [0.5, 0.6) is 11.5 Å². The van der Waals surface area contributed by atoms with Crippen molar-refractivity contribution in [3.63, 3.8) is 0 Å². The van der Waals surface area contributed by atoms with Crippen molar-refractivity contribution in [2.75, 3.05) is 6.61 Å². The second-order valence-electron chi connectivity index (χ2n) is 9.99. The zero-order valence-electron chi connectivity index (χ0n) is 22.8. The molecule has 0 radical (unpaired) electrons. The van der Waals surface area contributed by atoms with Crippen molar-refractivity contribution in [3.8, 4) is 11.5 Å². The molecule has 3 rings (SSSR count). The highest BCUT2D eigenvalue weighted by Gasteiger charge is 2.15. The summed E-state index contributed by atoms with van der Waals surface area (Å²) in [6.07, 6.45) is 13.3. The van der Waals surface area contributed by atoms with E-state index in [4.69, 9.17) is 14.6 Å². The summed E-state index contributed by atoms with van der Waals surface area (Å²) in [5.41, 5.74) is 2.76. The monoisotopic (exact) mass is 516 g/mol. The maximum atomic E-state index is 13.2. The van der Waals surface area contributed by atoms with Gasteiger partial charge in [0, 0.05) is 13.0 Å². The fourth-order valence-corrected chi connectivity index (χ4v) is 4.54. The van der Waals surface area contributed by atoms with E-state index in [9.17, 15) is 4.79 Å². The van der Waals surface area contributed by atoms with Gasteiger partial charge in [0.2, 0.25) is 0 Å². The first-order chi connectivity index (χ1) is 18.8. The van der Waals surface area contributed by atoms with Gasteiger partial charge < -0.3 is 14.6 Å². The first-order valence-electron chi connectivity index (χ1n) is 14.4. The van der Waals surface area contributed by atoms with Crippen LogP contribution in [0.2, 0.25) is 0 Å². The smallest absolute Gasteiger partial charge is 0.166 e. The van der Waals surface area contributed by atoms with Crippen molar-refractivity contribution < 1.29 is 19.4 Å². The Morgan fingerprint density at radius 2 is 1.08 bits per heavy atom. The molecule has 0 spiro atoms. The van der Waals surface area contributed by atoms with Crippen LogP contribution in [0.25, 0.3) is 0 Å². The number of benzene rings is 3. The zero-order valence-corrected chi connectivity index (χ0v) is 22.8. The van der Waals surface area contributed by atoms with Gasteiger partial charge in [-0.1, -0.05) is 118 Å². The molecule has 0 amide bonds. The van der Waals surface area contributed by atoms with Crippen LogP contribution in [-0.2, 0) is 13.2 Å². The molecule has 0 saturated carbocycles. The van der Waals surface area contributed by atoms with E-state index in [0.717, 1.165) is 36.8 Å². The molecule has 0 aliphatic carbocycles. The van der Waals surface area contributed by atoms with E-state index < -0.39 is 0 Å². The van der Waals surface area contributed by atoms with Crippen LogP contribution < -0.4 is 9.47 Å². The van der Waals surface area contributed by atoms with Crippen molar-refractivity contribution in [2.24, 2.45) is 0 Å². The summed E-state index contributed by atoms with van der Waals surface area (Å²) in [6.45, 7) is 1.20. The molecule has 204 valence electrons. The van der Waals surface area contributed by atoms with Gasteiger partial charge in [-0.25, -0.2) is 0 Å². The van der Waals surface area contributed by atoms with Crippen LogP contribution in [0.1, 0.15) is 98.5 Å². The lowest BCUT2D eigenvalue weighted by Crippen LogP contribution is -2.06. The van der Waals surface area contributed by atoms with Gasteiger partial charge in [0.1, 0.15) is 24.7 Å². The quantitative estimate of drug-likeness (QED) is 0.120. The number of ether oxygens (including phenoxy) is 2. The molecule has 0 aromatic heterocycles. The van der Waals surface area contributed by atoms with Crippen molar-refractivity contribution in [2.45, 2.75) is 90.3 Å². The fourth-order valence-electron chi connectivity index (χ4n) is 4.54. The molecule has 1 N–H and O–H groups in total. The normalized spacial score (nSPS) is 10.9. The minimum Gasteiger partial charge on any atom is -0.489 e. The Bertz CT molecular complexity index is 1030. The van der Waals surface area contributed by atoms with Gasteiger partial charge in [0.25, 0.3) is 0 Å². The lowest BCUT2D eigenvalue weighted by Gasteiger charge is -2.14. The number of carbonyl (C=O) groups is 1. The van der Waals surface area contributed by atoms with Gasteiger partial charge in [0.15, 0.2) is 5.78 Å². The van der Waals surface area contributed by atoms with E-state index in [1.54, 1.807) is 0 Å². The predicted molar refractivity (Wildman–Crippen MR) is 155 cm³/mol. The Labute approximate surface area is 229 Å². The molecular weight excluding hydrogens is 472 g/mol. The van der Waals surface area contributed by atoms with Gasteiger partial charge >= 0.3 is 0 Å². The summed E-state index contributed by atoms with van der Waals surface area (Å²) in [5.74, 6) is 1.41. The lowest BCUT2D eigenvalue weighted by molar-refractivity contribution is 0.0974. The van der Waals surface area contributed by atoms with Crippen LogP contribution in [0.15, 0.2) is 78.9 Å². The topological polar surface area (TPSA) is 55.8 Å². The SMILES string of the molecule is O=C(CCCCCCCCCCCCCO)c1cc(OCc2ccccc2)ccc1OCc1ccccc1. The van der Waals surface area contributed by atoms with E-state index >= 15 is 0 Å². The molecule has 38 heavy (non-hydrogen) atoms. The van der Waals surface area contributed by atoms with Crippen molar-refractivity contribution in [1.29, 1.82) is 0 Å². The molecule has 0 saturated heterocycles. The molecule has 3 aromatic carbocycles. The third-order valence-electron chi connectivity index (χ3n) is 6.80. The average Bonchev–Trinajstić information content (AvgIpc) is 2.96. The molecule has 0 heterocycles. The summed E-state index contributed by atoms with van der Waals surface area (Å²) in [6, 6.07) is 25.6. The predicted octanol–water partition coefficient (Wildman–Crippen LogP) is 8.70.